The number of carboxylic acids is 1. The van der Waals surface area contributed by atoms with Crippen molar-refractivity contribution in [3.63, 3.8) is 0 Å². The molecule has 0 spiro atoms. The molecule has 3 heteroatoms. The molecule has 2 aliphatic carbocycles. The van der Waals surface area contributed by atoms with Crippen LogP contribution >= 0.6 is 0 Å². The second-order valence-corrected chi connectivity index (χ2v) is 6.58. The van der Waals surface area contributed by atoms with Crippen LogP contribution in [0.15, 0.2) is 18.2 Å². The van der Waals surface area contributed by atoms with Gasteiger partial charge in [-0.3, -0.25) is 4.79 Å². The predicted molar refractivity (Wildman–Crippen MR) is 83.3 cm³/mol. The average Bonchev–Trinajstić information content (AvgIpc) is 2.95. The first-order valence-corrected chi connectivity index (χ1v) is 8.28. The van der Waals surface area contributed by atoms with Gasteiger partial charge in [-0.1, -0.05) is 31.0 Å². The number of aryl methyl sites for hydroxylation is 2. The lowest BCUT2D eigenvalue weighted by Gasteiger charge is -2.28. The molecule has 1 saturated carbocycles. The Morgan fingerprint density at radius 1 is 1.14 bits per heavy atom. The Morgan fingerprint density at radius 2 is 1.95 bits per heavy atom. The predicted octanol–water partition coefficient (Wildman–Crippen LogP) is 3.16. The van der Waals surface area contributed by atoms with Gasteiger partial charge >= 0.3 is 5.97 Å². The topological polar surface area (TPSA) is 49.3 Å². The first kappa shape index (κ1) is 14.6. The Hall–Kier alpha value is -1.35. The molecule has 2 N–H and O–H groups in total. The fourth-order valence-corrected chi connectivity index (χ4v) is 3.91. The molecule has 0 bridgehead atoms. The van der Waals surface area contributed by atoms with Crippen LogP contribution in [0.2, 0.25) is 0 Å². The van der Waals surface area contributed by atoms with E-state index >= 15 is 0 Å². The van der Waals surface area contributed by atoms with Crippen LogP contribution < -0.4 is 5.32 Å². The van der Waals surface area contributed by atoms with E-state index < -0.39 is 5.97 Å². The van der Waals surface area contributed by atoms with Crippen molar-refractivity contribution in [1.29, 1.82) is 0 Å². The minimum absolute atomic E-state index is 0.147. The van der Waals surface area contributed by atoms with Gasteiger partial charge in [-0.25, -0.2) is 0 Å². The second-order valence-electron chi connectivity index (χ2n) is 6.58. The molecule has 2 aliphatic rings. The molecule has 114 valence electrons. The average molecular weight is 287 g/mol. The monoisotopic (exact) mass is 287 g/mol. The first-order valence-electron chi connectivity index (χ1n) is 8.28. The number of carboxylic acid groups (broad SMARTS) is 1. The molecule has 0 radical (unpaired) electrons. The molecule has 1 aromatic carbocycles. The summed E-state index contributed by atoms with van der Waals surface area (Å²) in [7, 11) is 0. The summed E-state index contributed by atoms with van der Waals surface area (Å²) in [6.45, 7) is 1.68. The minimum atomic E-state index is -0.612. The third kappa shape index (κ3) is 3.46. The summed E-state index contributed by atoms with van der Waals surface area (Å²) in [4.78, 5) is 11.3. The van der Waals surface area contributed by atoms with Gasteiger partial charge in [-0.05, 0) is 61.3 Å². The smallest absolute Gasteiger partial charge is 0.306 e. The van der Waals surface area contributed by atoms with Crippen molar-refractivity contribution in [2.75, 3.05) is 6.54 Å². The Kier molecular flexibility index (Phi) is 4.59. The highest BCUT2D eigenvalue weighted by molar-refractivity contribution is 5.70. The zero-order chi connectivity index (χ0) is 14.7. The number of benzene rings is 1. The fourth-order valence-electron chi connectivity index (χ4n) is 3.91. The van der Waals surface area contributed by atoms with Gasteiger partial charge in [0.2, 0.25) is 0 Å². The molecule has 21 heavy (non-hydrogen) atoms. The SMILES string of the molecule is O=C(O)C1CCCCC1CNCc1ccc2c(c1)CCC2. The van der Waals surface area contributed by atoms with E-state index in [4.69, 9.17) is 0 Å². The summed E-state index contributed by atoms with van der Waals surface area (Å²) in [6.07, 6.45) is 7.87. The lowest BCUT2D eigenvalue weighted by molar-refractivity contribution is -0.144. The number of rotatable bonds is 5. The highest BCUT2D eigenvalue weighted by Crippen LogP contribution is 2.30. The van der Waals surface area contributed by atoms with Gasteiger partial charge in [-0.2, -0.15) is 0 Å². The summed E-state index contributed by atoms with van der Waals surface area (Å²) in [5.41, 5.74) is 4.35. The summed E-state index contributed by atoms with van der Waals surface area (Å²) in [5.74, 6) is -0.462. The molecule has 3 rings (SSSR count). The summed E-state index contributed by atoms with van der Waals surface area (Å²) >= 11 is 0. The van der Waals surface area contributed by atoms with Crippen molar-refractivity contribution in [3.05, 3.63) is 34.9 Å². The molecule has 0 aliphatic heterocycles. The Labute approximate surface area is 126 Å². The normalized spacial score (nSPS) is 24.8. The zero-order valence-corrected chi connectivity index (χ0v) is 12.6. The van der Waals surface area contributed by atoms with Crippen molar-refractivity contribution in [1.82, 2.24) is 5.32 Å². The molecule has 0 saturated heterocycles. The van der Waals surface area contributed by atoms with E-state index in [9.17, 15) is 9.90 Å². The van der Waals surface area contributed by atoms with E-state index in [1.807, 2.05) is 0 Å². The van der Waals surface area contributed by atoms with Crippen molar-refractivity contribution < 1.29 is 9.90 Å². The number of aliphatic carboxylic acids is 1. The Morgan fingerprint density at radius 3 is 2.81 bits per heavy atom. The molecule has 1 aromatic rings. The molecular weight excluding hydrogens is 262 g/mol. The minimum Gasteiger partial charge on any atom is -0.481 e. The van der Waals surface area contributed by atoms with Gasteiger partial charge in [0.25, 0.3) is 0 Å². The van der Waals surface area contributed by atoms with E-state index in [0.717, 1.165) is 32.4 Å². The molecule has 0 heterocycles. The van der Waals surface area contributed by atoms with Crippen molar-refractivity contribution in [3.8, 4) is 0 Å². The molecule has 0 aromatic heterocycles. The van der Waals surface area contributed by atoms with E-state index in [0.29, 0.717) is 5.92 Å². The van der Waals surface area contributed by atoms with Crippen LogP contribution in [0.1, 0.15) is 48.8 Å². The van der Waals surface area contributed by atoms with E-state index in [2.05, 4.69) is 23.5 Å². The third-order valence-electron chi connectivity index (χ3n) is 5.12. The Bertz CT molecular complexity index is 512. The van der Waals surface area contributed by atoms with Crippen LogP contribution in [0.3, 0.4) is 0 Å². The van der Waals surface area contributed by atoms with Gasteiger partial charge in [0.15, 0.2) is 0 Å². The van der Waals surface area contributed by atoms with Crippen molar-refractivity contribution >= 4 is 5.97 Å². The van der Waals surface area contributed by atoms with Gasteiger partial charge in [0, 0.05) is 6.54 Å². The number of nitrogens with one attached hydrogen (secondary N) is 1. The van der Waals surface area contributed by atoms with E-state index in [-0.39, 0.29) is 5.92 Å². The number of hydrogen-bond donors (Lipinski definition) is 2. The molecular formula is C18H25NO2. The van der Waals surface area contributed by atoms with Gasteiger partial charge in [0.1, 0.15) is 0 Å². The fraction of sp³-hybridized carbons (Fsp3) is 0.611. The second kappa shape index (κ2) is 6.61. The van der Waals surface area contributed by atoms with Crippen LogP contribution in [0.4, 0.5) is 0 Å². The van der Waals surface area contributed by atoms with Crippen molar-refractivity contribution in [2.45, 2.75) is 51.5 Å². The number of carbonyl (C=O) groups is 1. The third-order valence-corrected chi connectivity index (χ3v) is 5.12. The maximum atomic E-state index is 11.3. The van der Waals surface area contributed by atoms with Gasteiger partial charge in [-0.15, -0.1) is 0 Å². The Balaban J connectivity index is 1.52. The molecule has 0 amide bonds. The van der Waals surface area contributed by atoms with E-state index in [1.54, 1.807) is 0 Å². The first-order chi connectivity index (χ1) is 10.2. The van der Waals surface area contributed by atoms with Crippen LogP contribution in [-0.2, 0) is 24.2 Å². The zero-order valence-electron chi connectivity index (χ0n) is 12.6. The van der Waals surface area contributed by atoms with Crippen molar-refractivity contribution in [2.24, 2.45) is 11.8 Å². The largest absolute Gasteiger partial charge is 0.481 e. The van der Waals surface area contributed by atoms with Crippen LogP contribution in [0.5, 0.6) is 0 Å². The lowest BCUT2D eigenvalue weighted by atomic mass is 9.79. The van der Waals surface area contributed by atoms with Crippen LogP contribution in [0, 0.1) is 11.8 Å². The summed E-state index contributed by atoms with van der Waals surface area (Å²) in [6, 6.07) is 6.80. The molecule has 2 atom stereocenters. The molecule has 1 fully saturated rings. The lowest BCUT2D eigenvalue weighted by Crippen LogP contribution is -2.34. The number of hydrogen-bond acceptors (Lipinski definition) is 2. The molecule has 3 nitrogen and oxygen atoms in total. The molecule has 2 unspecified atom stereocenters. The summed E-state index contributed by atoms with van der Waals surface area (Å²) < 4.78 is 0. The van der Waals surface area contributed by atoms with Gasteiger partial charge in [0.05, 0.1) is 5.92 Å². The van der Waals surface area contributed by atoms with E-state index in [1.165, 1.54) is 42.4 Å². The maximum Gasteiger partial charge on any atom is 0.306 e. The number of fused-ring (bicyclic) bond motifs is 1. The highest BCUT2D eigenvalue weighted by atomic mass is 16.4. The quantitative estimate of drug-likeness (QED) is 0.874. The van der Waals surface area contributed by atoms with Crippen LogP contribution in [-0.4, -0.2) is 17.6 Å². The van der Waals surface area contributed by atoms with Gasteiger partial charge < -0.3 is 10.4 Å². The summed E-state index contributed by atoms with van der Waals surface area (Å²) in [5, 5.41) is 12.8. The maximum absolute atomic E-state index is 11.3. The highest BCUT2D eigenvalue weighted by Gasteiger charge is 2.30. The van der Waals surface area contributed by atoms with Crippen LogP contribution in [0.25, 0.3) is 0 Å². The standard InChI is InChI=1S/C18H25NO2/c20-18(21)17-7-2-1-4-16(17)12-19-11-13-8-9-14-5-3-6-15(14)10-13/h8-10,16-17,19H,1-7,11-12H2,(H,20,21).